The van der Waals surface area contributed by atoms with Gasteiger partial charge in [-0.2, -0.15) is 0 Å². The van der Waals surface area contributed by atoms with Gasteiger partial charge in [-0.3, -0.25) is 0 Å². The van der Waals surface area contributed by atoms with Gasteiger partial charge >= 0.3 is 0 Å². The predicted octanol–water partition coefficient (Wildman–Crippen LogP) is 4.11. The molecule has 0 fully saturated rings. The minimum absolute atomic E-state index is 0.0716. The van der Waals surface area contributed by atoms with Crippen molar-refractivity contribution in [2.75, 3.05) is 0 Å². The lowest BCUT2D eigenvalue weighted by Gasteiger charge is -1.97. The van der Waals surface area contributed by atoms with Crippen molar-refractivity contribution in [3.05, 3.63) is 32.8 Å². The molecule has 1 aromatic heterocycles. The van der Waals surface area contributed by atoms with Gasteiger partial charge < -0.3 is 0 Å². The summed E-state index contributed by atoms with van der Waals surface area (Å²) >= 11 is 9.80. The van der Waals surface area contributed by atoms with Crippen LogP contribution in [0.3, 0.4) is 0 Å². The van der Waals surface area contributed by atoms with Crippen LogP contribution in [0.15, 0.2) is 24.3 Å². The molecule has 2 aromatic rings. The Morgan fingerprint density at radius 3 is 2.67 bits per heavy atom. The van der Waals surface area contributed by atoms with E-state index in [0.717, 1.165) is 15.6 Å². The Morgan fingerprint density at radius 2 is 2.07 bits per heavy atom. The zero-order valence-corrected chi connectivity index (χ0v) is 11.7. The van der Waals surface area contributed by atoms with Crippen molar-refractivity contribution >= 4 is 45.5 Å². The van der Waals surface area contributed by atoms with Gasteiger partial charge in [0.2, 0.25) is 0 Å². The van der Waals surface area contributed by atoms with Crippen molar-refractivity contribution in [3.8, 4) is 10.6 Å². The fourth-order valence-electron chi connectivity index (χ4n) is 1.14. The van der Waals surface area contributed by atoms with Crippen LogP contribution < -0.4 is 0 Å². The topological polar surface area (TPSA) is 25.8 Å². The molecule has 5 heteroatoms. The van der Waals surface area contributed by atoms with Gasteiger partial charge in [-0.1, -0.05) is 29.5 Å². The summed E-state index contributed by atoms with van der Waals surface area (Å²) in [6, 6.07) is 8.12. The minimum atomic E-state index is -0.0716. The maximum Gasteiger partial charge on any atom is 0.148 e. The molecule has 2 nitrogen and oxygen atoms in total. The molecule has 78 valence electrons. The highest BCUT2D eigenvalue weighted by Crippen LogP contribution is 2.31. The molecule has 1 aromatic carbocycles. The van der Waals surface area contributed by atoms with Crippen LogP contribution in [-0.4, -0.2) is 10.2 Å². The highest BCUT2D eigenvalue weighted by Gasteiger charge is 2.12. The van der Waals surface area contributed by atoms with Crippen LogP contribution in [-0.2, 0) is 0 Å². The average Bonchev–Trinajstić information content (AvgIpc) is 2.67. The molecular weight excluding hydrogens is 343 g/mol. The number of hydrogen-bond donors (Lipinski definition) is 0. The minimum Gasteiger partial charge on any atom is -0.142 e. The number of rotatable bonds is 2. The molecule has 0 radical (unpaired) electrons. The lowest BCUT2D eigenvalue weighted by atomic mass is 10.2. The molecule has 0 aliphatic rings. The van der Waals surface area contributed by atoms with Crippen LogP contribution in [0.25, 0.3) is 10.6 Å². The van der Waals surface area contributed by atoms with Crippen molar-refractivity contribution in [1.82, 2.24) is 10.2 Å². The number of hydrogen-bond acceptors (Lipinski definition) is 3. The van der Waals surface area contributed by atoms with Crippen LogP contribution in [0.2, 0.25) is 0 Å². The van der Waals surface area contributed by atoms with Gasteiger partial charge in [0.05, 0.1) is 5.38 Å². The lowest BCUT2D eigenvalue weighted by Crippen LogP contribution is -1.81. The summed E-state index contributed by atoms with van der Waals surface area (Å²) in [5.41, 5.74) is 1.12. The summed E-state index contributed by atoms with van der Waals surface area (Å²) in [4.78, 5) is 0. The third kappa shape index (κ3) is 2.49. The Balaban J connectivity index is 2.42. The van der Waals surface area contributed by atoms with Crippen LogP contribution in [0.1, 0.15) is 17.3 Å². The Bertz CT molecular complexity index is 470. The number of halogens is 2. The number of benzene rings is 1. The van der Waals surface area contributed by atoms with E-state index in [1.54, 1.807) is 11.3 Å². The summed E-state index contributed by atoms with van der Waals surface area (Å²) in [6.07, 6.45) is 0. The SMILES string of the molecule is CC(Cl)c1nnc(-c2ccccc2I)s1. The fourth-order valence-corrected chi connectivity index (χ4v) is 2.95. The summed E-state index contributed by atoms with van der Waals surface area (Å²) in [5, 5.41) is 9.94. The Kier molecular flexibility index (Phi) is 3.58. The molecule has 0 N–H and O–H groups in total. The molecule has 0 saturated heterocycles. The Hall–Kier alpha value is -0.200. The first kappa shape index (κ1) is 11.3. The van der Waals surface area contributed by atoms with E-state index in [-0.39, 0.29) is 5.38 Å². The second-order valence-corrected chi connectivity index (χ2v) is 5.87. The van der Waals surface area contributed by atoms with E-state index in [9.17, 15) is 0 Å². The standard InChI is InChI=1S/C10H8ClIN2S/c1-6(11)9-13-14-10(15-9)7-4-2-3-5-8(7)12/h2-6H,1H3. The van der Waals surface area contributed by atoms with Crippen molar-refractivity contribution in [2.45, 2.75) is 12.3 Å². The lowest BCUT2D eigenvalue weighted by molar-refractivity contribution is 0.962. The predicted molar refractivity (Wildman–Crippen MR) is 72.3 cm³/mol. The van der Waals surface area contributed by atoms with Crippen molar-refractivity contribution in [2.24, 2.45) is 0 Å². The van der Waals surface area contributed by atoms with E-state index >= 15 is 0 Å². The highest BCUT2D eigenvalue weighted by atomic mass is 127. The number of nitrogens with zero attached hydrogens (tertiary/aromatic N) is 2. The molecule has 1 unspecified atom stereocenters. The van der Waals surface area contributed by atoms with Gasteiger partial charge in [0, 0.05) is 9.13 Å². The Labute approximate surface area is 111 Å². The summed E-state index contributed by atoms with van der Waals surface area (Å²) < 4.78 is 1.18. The second-order valence-electron chi connectivity index (χ2n) is 3.04. The smallest absolute Gasteiger partial charge is 0.142 e. The zero-order chi connectivity index (χ0) is 10.8. The van der Waals surface area contributed by atoms with Crippen LogP contribution in [0, 0.1) is 3.57 Å². The maximum absolute atomic E-state index is 5.95. The summed E-state index contributed by atoms with van der Waals surface area (Å²) in [7, 11) is 0. The maximum atomic E-state index is 5.95. The molecule has 0 spiro atoms. The molecule has 1 heterocycles. The molecular formula is C10H8ClIN2S. The molecule has 15 heavy (non-hydrogen) atoms. The normalized spacial score (nSPS) is 12.7. The Morgan fingerprint density at radius 1 is 1.33 bits per heavy atom. The average molecular weight is 351 g/mol. The third-order valence-electron chi connectivity index (χ3n) is 1.89. The summed E-state index contributed by atoms with van der Waals surface area (Å²) in [5.74, 6) is 0. The van der Waals surface area contributed by atoms with Gasteiger partial charge in [-0.05, 0) is 35.6 Å². The molecule has 0 aliphatic heterocycles. The van der Waals surface area contributed by atoms with Gasteiger partial charge in [-0.15, -0.1) is 21.8 Å². The van der Waals surface area contributed by atoms with E-state index in [4.69, 9.17) is 11.6 Å². The monoisotopic (exact) mass is 350 g/mol. The first-order valence-electron chi connectivity index (χ1n) is 4.41. The fraction of sp³-hybridized carbons (Fsp3) is 0.200. The van der Waals surface area contributed by atoms with E-state index < -0.39 is 0 Å². The van der Waals surface area contributed by atoms with Crippen molar-refractivity contribution in [3.63, 3.8) is 0 Å². The largest absolute Gasteiger partial charge is 0.148 e. The molecule has 0 saturated carbocycles. The molecule has 1 atom stereocenters. The van der Waals surface area contributed by atoms with Crippen molar-refractivity contribution in [1.29, 1.82) is 0 Å². The molecule has 0 amide bonds. The van der Waals surface area contributed by atoms with Gasteiger partial charge in [0.1, 0.15) is 10.0 Å². The van der Waals surface area contributed by atoms with Crippen LogP contribution in [0.4, 0.5) is 0 Å². The third-order valence-corrected chi connectivity index (χ3v) is 4.30. The van der Waals surface area contributed by atoms with Gasteiger partial charge in [0.15, 0.2) is 0 Å². The summed E-state index contributed by atoms with van der Waals surface area (Å²) in [6.45, 7) is 1.90. The van der Waals surface area contributed by atoms with E-state index in [1.165, 1.54) is 3.57 Å². The second kappa shape index (κ2) is 4.76. The molecule has 2 rings (SSSR count). The zero-order valence-electron chi connectivity index (χ0n) is 7.95. The number of alkyl halides is 1. The van der Waals surface area contributed by atoms with E-state index in [0.29, 0.717) is 0 Å². The molecule has 0 aliphatic carbocycles. The van der Waals surface area contributed by atoms with E-state index in [2.05, 4.69) is 38.9 Å². The van der Waals surface area contributed by atoms with Crippen molar-refractivity contribution < 1.29 is 0 Å². The van der Waals surface area contributed by atoms with Crippen LogP contribution in [0.5, 0.6) is 0 Å². The van der Waals surface area contributed by atoms with Gasteiger partial charge in [-0.25, -0.2) is 0 Å². The number of aromatic nitrogens is 2. The first-order valence-corrected chi connectivity index (χ1v) is 6.74. The van der Waals surface area contributed by atoms with Crippen LogP contribution >= 0.6 is 45.5 Å². The first-order chi connectivity index (χ1) is 7.18. The quantitative estimate of drug-likeness (QED) is 0.602. The van der Waals surface area contributed by atoms with E-state index in [1.807, 2.05) is 25.1 Å². The highest BCUT2D eigenvalue weighted by molar-refractivity contribution is 14.1. The molecule has 0 bridgehead atoms. The van der Waals surface area contributed by atoms with Gasteiger partial charge in [0.25, 0.3) is 0 Å².